The Hall–Kier alpha value is -1.48. The summed E-state index contributed by atoms with van der Waals surface area (Å²) in [6.07, 6.45) is 0. The van der Waals surface area contributed by atoms with E-state index in [2.05, 4.69) is 4.98 Å². The van der Waals surface area contributed by atoms with Gasteiger partial charge < -0.3 is 4.90 Å². The summed E-state index contributed by atoms with van der Waals surface area (Å²) in [4.78, 5) is 19.4. The monoisotopic (exact) mass is 399 g/mol. The molecule has 1 aromatic heterocycles. The molecule has 0 radical (unpaired) electrons. The molecule has 1 saturated heterocycles. The predicted molar refractivity (Wildman–Crippen MR) is 97.7 cm³/mol. The molecule has 1 amide bonds. The molecule has 9 heteroatoms. The maximum absolute atomic E-state index is 12.7. The Kier molecular flexibility index (Phi) is 5.15. The third-order valence-corrected chi connectivity index (χ3v) is 7.30. The Balaban J connectivity index is 1.70. The predicted octanol–water partition coefficient (Wildman–Crippen LogP) is 2.56. The van der Waals surface area contributed by atoms with Crippen molar-refractivity contribution in [2.24, 2.45) is 0 Å². The fourth-order valence-electron chi connectivity index (χ4n) is 2.76. The Morgan fingerprint density at radius 2 is 1.72 bits per heavy atom. The summed E-state index contributed by atoms with van der Waals surface area (Å²) in [5.74, 6) is -0.0772. The normalized spacial score (nSPS) is 16.2. The van der Waals surface area contributed by atoms with E-state index in [0.29, 0.717) is 23.0 Å². The molecule has 0 atom stereocenters. The van der Waals surface area contributed by atoms with E-state index in [0.717, 1.165) is 10.7 Å². The Morgan fingerprint density at radius 3 is 2.24 bits per heavy atom. The van der Waals surface area contributed by atoms with Crippen molar-refractivity contribution in [1.29, 1.82) is 0 Å². The molecule has 0 N–H and O–H groups in total. The van der Waals surface area contributed by atoms with E-state index in [4.69, 9.17) is 11.6 Å². The van der Waals surface area contributed by atoms with E-state index < -0.39 is 10.0 Å². The number of carbonyl (C=O) groups is 1. The van der Waals surface area contributed by atoms with E-state index >= 15 is 0 Å². The first-order valence-electron chi connectivity index (χ1n) is 7.78. The number of piperazine rings is 1. The SMILES string of the molecule is Cc1nc(C)c(C(=O)N2CCN(S(=O)(=O)c3ccc(Cl)cc3)CC2)s1. The molecular weight excluding hydrogens is 382 g/mol. The number of rotatable bonds is 3. The molecule has 6 nitrogen and oxygen atoms in total. The van der Waals surface area contributed by atoms with E-state index in [1.54, 1.807) is 17.0 Å². The molecule has 2 heterocycles. The topological polar surface area (TPSA) is 70.6 Å². The van der Waals surface area contributed by atoms with Crippen molar-refractivity contribution in [1.82, 2.24) is 14.2 Å². The van der Waals surface area contributed by atoms with E-state index in [-0.39, 0.29) is 23.9 Å². The maximum Gasteiger partial charge on any atom is 0.265 e. The van der Waals surface area contributed by atoms with E-state index in [9.17, 15) is 13.2 Å². The molecule has 0 spiro atoms. The zero-order valence-electron chi connectivity index (χ0n) is 13.9. The maximum atomic E-state index is 12.7. The summed E-state index contributed by atoms with van der Waals surface area (Å²) in [7, 11) is -3.57. The molecule has 0 unspecified atom stereocenters. The second-order valence-corrected chi connectivity index (χ2v) is 9.38. The van der Waals surface area contributed by atoms with E-state index in [1.807, 2.05) is 13.8 Å². The van der Waals surface area contributed by atoms with Crippen LogP contribution in [0.4, 0.5) is 0 Å². The van der Waals surface area contributed by atoms with Gasteiger partial charge in [-0.1, -0.05) is 11.6 Å². The van der Waals surface area contributed by atoms with Gasteiger partial charge in [-0.15, -0.1) is 11.3 Å². The third kappa shape index (κ3) is 3.72. The Labute approximate surface area is 156 Å². The van der Waals surface area contributed by atoms with Crippen molar-refractivity contribution in [3.63, 3.8) is 0 Å². The van der Waals surface area contributed by atoms with Gasteiger partial charge in [0.05, 0.1) is 15.6 Å². The first-order chi connectivity index (χ1) is 11.8. The van der Waals surface area contributed by atoms with Crippen LogP contribution in [-0.2, 0) is 10.0 Å². The minimum atomic E-state index is -3.57. The van der Waals surface area contributed by atoms with Gasteiger partial charge >= 0.3 is 0 Å². The average Bonchev–Trinajstić information content (AvgIpc) is 2.93. The van der Waals surface area contributed by atoms with Crippen LogP contribution in [0.5, 0.6) is 0 Å². The van der Waals surface area contributed by atoms with Crippen LogP contribution in [0.3, 0.4) is 0 Å². The quantitative estimate of drug-likeness (QED) is 0.795. The molecule has 2 aromatic rings. The van der Waals surface area contributed by atoms with Crippen LogP contribution in [0.1, 0.15) is 20.4 Å². The molecule has 3 rings (SSSR count). The fraction of sp³-hybridized carbons (Fsp3) is 0.375. The number of hydrogen-bond donors (Lipinski definition) is 0. The number of aryl methyl sites for hydroxylation is 2. The van der Waals surface area contributed by atoms with Gasteiger partial charge in [0.25, 0.3) is 5.91 Å². The summed E-state index contributed by atoms with van der Waals surface area (Å²) in [6, 6.07) is 6.11. The van der Waals surface area contributed by atoms with Crippen molar-refractivity contribution < 1.29 is 13.2 Å². The molecule has 1 aromatic carbocycles. The Morgan fingerprint density at radius 1 is 1.12 bits per heavy atom. The molecular formula is C16H18ClN3O3S2. The van der Waals surface area contributed by atoms with Gasteiger partial charge in [-0.25, -0.2) is 13.4 Å². The molecule has 0 aliphatic carbocycles. The van der Waals surface area contributed by atoms with E-state index in [1.165, 1.54) is 27.8 Å². The average molecular weight is 400 g/mol. The first kappa shape index (κ1) is 18.3. The third-order valence-electron chi connectivity index (χ3n) is 4.08. The van der Waals surface area contributed by atoms with Gasteiger partial charge in [0, 0.05) is 31.2 Å². The second-order valence-electron chi connectivity index (χ2n) is 5.80. The summed E-state index contributed by atoms with van der Waals surface area (Å²) in [5.41, 5.74) is 0.726. The summed E-state index contributed by atoms with van der Waals surface area (Å²) >= 11 is 7.19. The van der Waals surface area contributed by atoms with Crippen molar-refractivity contribution in [2.45, 2.75) is 18.7 Å². The number of sulfonamides is 1. The highest BCUT2D eigenvalue weighted by Crippen LogP contribution is 2.23. The van der Waals surface area contributed by atoms with Gasteiger partial charge in [0.15, 0.2) is 0 Å². The number of thiazole rings is 1. The number of nitrogens with zero attached hydrogens (tertiary/aromatic N) is 3. The van der Waals surface area contributed by atoms with Gasteiger partial charge in [0.2, 0.25) is 10.0 Å². The zero-order valence-corrected chi connectivity index (χ0v) is 16.3. The van der Waals surface area contributed by atoms with Crippen LogP contribution < -0.4 is 0 Å². The molecule has 1 aliphatic rings. The summed E-state index contributed by atoms with van der Waals surface area (Å²) in [5, 5.41) is 1.34. The van der Waals surface area contributed by atoms with Crippen molar-refractivity contribution >= 4 is 38.9 Å². The minimum Gasteiger partial charge on any atom is -0.335 e. The van der Waals surface area contributed by atoms with Crippen LogP contribution in [-0.4, -0.2) is 54.7 Å². The van der Waals surface area contributed by atoms with Crippen molar-refractivity contribution in [2.75, 3.05) is 26.2 Å². The van der Waals surface area contributed by atoms with Crippen LogP contribution in [0.15, 0.2) is 29.2 Å². The summed E-state index contributed by atoms with van der Waals surface area (Å²) in [6.45, 7) is 4.95. The lowest BCUT2D eigenvalue weighted by Crippen LogP contribution is -2.50. The molecule has 0 saturated carbocycles. The van der Waals surface area contributed by atoms with Crippen LogP contribution in [0, 0.1) is 13.8 Å². The van der Waals surface area contributed by atoms with Crippen molar-refractivity contribution in [3.8, 4) is 0 Å². The largest absolute Gasteiger partial charge is 0.335 e. The van der Waals surface area contributed by atoms with Crippen LogP contribution in [0.2, 0.25) is 5.02 Å². The smallest absolute Gasteiger partial charge is 0.265 e. The molecule has 1 aliphatic heterocycles. The van der Waals surface area contributed by atoms with Gasteiger partial charge in [-0.05, 0) is 38.1 Å². The van der Waals surface area contributed by atoms with Gasteiger partial charge in [-0.3, -0.25) is 4.79 Å². The lowest BCUT2D eigenvalue weighted by Gasteiger charge is -2.33. The first-order valence-corrected chi connectivity index (χ1v) is 10.4. The molecule has 25 heavy (non-hydrogen) atoms. The molecule has 0 bridgehead atoms. The van der Waals surface area contributed by atoms with Crippen LogP contribution in [0.25, 0.3) is 0 Å². The zero-order chi connectivity index (χ0) is 18.2. The minimum absolute atomic E-state index is 0.0772. The summed E-state index contributed by atoms with van der Waals surface area (Å²) < 4.78 is 26.8. The fourth-order valence-corrected chi connectivity index (χ4v) is 5.20. The van der Waals surface area contributed by atoms with Crippen molar-refractivity contribution in [3.05, 3.63) is 44.9 Å². The molecule has 134 valence electrons. The van der Waals surface area contributed by atoms with Gasteiger partial charge in [-0.2, -0.15) is 4.31 Å². The standard InChI is InChI=1S/C16H18ClN3O3S2/c1-11-15(24-12(2)18-11)16(21)19-7-9-20(10-8-19)25(22,23)14-5-3-13(17)4-6-14/h3-6H,7-10H2,1-2H3. The number of benzene rings is 1. The number of carbonyl (C=O) groups excluding carboxylic acids is 1. The van der Waals surface area contributed by atoms with Gasteiger partial charge in [0.1, 0.15) is 4.88 Å². The Bertz CT molecular complexity index is 886. The second kappa shape index (κ2) is 7.03. The lowest BCUT2D eigenvalue weighted by atomic mass is 10.3. The highest BCUT2D eigenvalue weighted by Gasteiger charge is 2.31. The highest BCUT2D eigenvalue weighted by atomic mass is 35.5. The number of hydrogen-bond acceptors (Lipinski definition) is 5. The lowest BCUT2D eigenvalue weighted by molar-refractivity contribution is 0.0702. The van der Waals surface area contributed by atoms with Crippen LogP contribution >= 0.6 is 22.9 Å². The number of aromatic nitrogens is 1. The number of amides is 1. The molecule has 1 fully saturated rings. The number of halogens is 1. The highest BCUT2D eigenvalue weighted by molar-refractivity contribution is 7.89.